The molecule has 0 aliphatic carbocycles. The summed E-state index contributed by atoms with van der Waals surface area (Å²) in [6, 6.07) is 6.38. The van der Waals surface area contributed by atoms with E-state index < -0.39 is 42.2 Å². The number of aromatic hydroxyl groups is 3. The number of benzene rings is 2. The number of carbonyl (C=O) groups excluding carboxylic acids is 1. The molecule has 0 bridgehead atoms. The van der Waals surface area contributed by atoms with Crippen molar-refractivity contribution in [1.82, 2.24) is 0 Å². The Labute approximate surface area is 175 Å². The maximum atomic E-state index is 12.6. The number of hydrogen-bond donors (Lipinski definition) is 6. The molecule has 0 radical (unpaired) electrons. The highest BCUT2D eigenvalue weighted by Gasteiger charge is 2.43. The van der Waals surface area contributed by atoms with Crippen LogP contribution in [0.2, 0.25) is 0 Å². The van der Waals surface area contributed by atoms with Crippen molar-refractivity contribution in [1.29, 1.82) is 0 Å². The molecule has 10 heteroatoms. The number of phenols is 3. The summed E-state index contributed by atoms with van der Waals surface area (Å²) in [7, 11) is 0. The molecular weight excluding hydrogens is 412 g/mol. The first kappa shape index (κ1) is 20.9. The molecule has 164 valence electrons. The predicted molar refractivity (Wildman–Crippen MR) is 104 cm³/mol. The molecule has 0 spiro atoms. The fourth-order valence-corrected chi connectivity index (χ4v) is 3.36. The Hall–Kier alpha value is -3.31. The van der Waals surface area contributed by atoms with E-state index in [4.69, 9.17) is 14.2 Å². The lowest BCUT2D eigenvalue weighted by atomic mass is 10.00. The van der Waals surface area contributed by atoms with E-state index in [9.17, 15) is 35.4 Å². The van der Waals surface area contributed by atoms with Crippen LogP contribution < -0.4 is 9.47 Å². The number of carbonyl (C=O) groups is 1. The average molecular weight is 432 g/mol. The molecule has 6 N–H and O–H groups in total. The molecule has 1 saturated heterocycles. The largest absolute Gasteiger partial charge is 0.507 e. The second kappa shape index (κ2) is 7.75. The van der Waals surface area contributed by atoms with Gasteiger partial charge in [0.15, 0.2) is 17.3 Å². The molecular formula is C21H20O10. The molecule has 2 aliphatic rings. The molecule has 0 amide bonds. The molecule has 4 rings (SSSR count). The van der Waals surface area contributed by atoms with Crippen molar-refractivity contribution in [2.24, 2.45) is 0 Å². The van der Waals surface area contributed by atoms with Gasteiger partial charge in [-0.3, -0.25) is 4.79 Å². The van der Waals surface area contributed by atoms with Crippen LogP contribution in [0.3, 0.4) is 0 Å². The molecule has 0 saturated carbocycles. The number of aliphatic hydroxyl groups is 3. The van der Waals surface area contributed by atoms with Gasteiger partial charge in [-0.25, -0.2) is 0 Å². The number of Topliss-reactive ketones (excluding diaryl/α,β-unsaturated/α-hetero) is 1. The molecule has 2 aromatic rings. The molecule has 2 aromatic carbocycles. The van der Waals surface area contributed by atoms with Crippen LogP contribution in [0.15, 0.2) is 36.1 Å². The van der Waals surface area contributed by atoms with E-state index in [0.717, 1.165) is 6.07 Å². The van der Waals surface area contributed by atoms with Gasteiger partial charge in [-0.05, 0) is 30.7 Å². The zero-order valence-electron chi connectivity index (χ0n) is 16.2. The summed E-state index contributed by atoms with van der Waals surface area (Å²) in [5, 5.41) is 59.0. The first-order valence-electron chi connectivity index (χ1n) is 9.35. The van der Waals surface area contributed by atoms with Crippen LogP contribution in [0.1, 0.15) is 22.8 Å². The van der Waals surface area contributed by atoms with Crippen LogP contribution >= 0.6 is 0 Å². The number of aliphatic hydroxyl groups excluding tert-OH is 3. The Morgan fingerprint density at radius 2 is 1.68 bits per heavy atom. The van der Waals surface area contributed by atoms with Gasteiger partial charge in [0.05, 0.1) is 6.10 Å². The second-order valence-electron chi connectivity index (χ2n) is 7.30. The van der Waals surface area contributed by atoms with Gasteiger partial charge in [0.25, 0.3) is 0 Å². The maximum Gasteiger partial charge on any atom is 0.235 e. The summed E-state index contributed by atoms with van der Waals surface area (Å²) < 4.78 is 16.4. The standard InChI is InChI=1S/C21H20O10/c1-8-17(25)19(27)20(28)21(29-8)30-10-6-13(24)16-14(7-10)31-15(18(16)26)5-9-2-3-11(22)12(23)4-9/h2-8,17,19-25,27-28H,1H3/t8-,17-,19+,20+,21+/m0/s1. The summed E-state index contributed by atoms with van der Waals surface area (Å²) in [5.41, 5.74) is 0.276. The summed E-state index contributed by atoms with van der Waals surface area (Å²) in [6.45, 7) is 1.50. The summed E-state index contributed by atoms with van der Waals surface area (Å²) in [6.07, 6.45) is -5.17. The van der Waals surface area contributed by atoms with Gasteiger partial charge in [0.1, 0.15) is 41.1 Å². The minimum Gasteiger partial charge on any atom is -0.507 e. The first-order chi connectivity index (χ1) is 14.7. The number of rotatable bonds is 3. The Morgan fingerprint density at radius 3 is 2.39 bits per heavy atom. The molecule has 2 heterocycles. The number of ketones is 1. The van der Waals surface area contributed by atoms with E-state index in [-0.39, 0.29) is 34.3 Å². The van der Waals surface area contributed by atoms with Crippen LogP contribution in [-0.2, 0) is 4.74 Å². The van der Waals surface area contributed by atoms with E-state index in [0.29, 0.717) is 5.56 Å². The second-order valence-corrected chi connectivity index (χ2v) is 7.30. The molecule has 31 heavy (non-hydrogen) atoms. The number of hydrogen-bond acceptors (Lipinski definition) is 10. The monoisotopic (exact) mass is 432 g/mol. The van der Waals surface area contributed by atoms with Gasteiger partial charge in [-0.15, -0.1) is 0 Å². The van der Waals surface area contributed by atoms with Crippen molar-refractivity contribution >= 4 is 11.9 Å². The molecule has 5 atom stereocenters. The lowest BCUT2D eigenvalue weighted by Crippen LogP contribution is -2.58. The summed E-state index contributed by atoms with van der Waals surface area (Å²) >= 11 is 0. The van der Waals surface area contributed by atoms with Crippen molar-refractivity contribution in [3.8, 4) is 28.7 Å². The zero-order valence-corrected chi connectivity index (χ0v) is 16.2. The topological polar surface area (TPSA) is 166 Å². The third kappa shape index (κ3) is 3.77. The fourth-order valence-electron chi connectivity index (χ4n) is 3.36. The van der Waals surface area contributed by atoms with E-state index in [1.54, 1.807) is 0 Å². The Kier molecular flexibility index (Phi) is 5.23. The van der Waals surface area contributed by atoms with Gasteiger partial charge in [0, 0.05) is 12.1 Å². The minimum atomic E-state index is -1.55. The highest BCUT2D eigenvalue weighted by molar-refractivity contribution is 6.16. The van der Waals surface area contributed by atoms with Crippen molar-refractivity contribution < 1.29 is 49.6 Å². The van der Waals surface area contributed by atoms with Gasteiger partial charge in [-0.2, -0.15) is 0 Å². The van der Waals surface area contributed by atoms with Crippen molar-refractivity contribution in [3.05, 3.63) is 47.2 Å². The van der Waals surface area contributed by atoms with E-state index in [1.165, 1.54) is 37.3 Å². The van der Waals surface area contributed by atoms with Crippen LogP contribution in [0, 0.1) is 0 Å². The maximum absolute atomic E-state index is 12.6. The third-order valence-corrected chi connectivity index (χ3v) is 5.08. The quantitative estimate of drug-likeness (QED) is 0.299. The van der Waals surface area contributed by atoms with Crippen LogP contribution in [0.4, 0.5) is 0 Å². The Morgan fingerprint density at radius 1 is 0.935 bits per heavy atom. The zero-order chi connectivity index (χ0) is 22.4. The highest BCUT2D eigenvalue weighted by atomic mass is 16.7. The predicted octanol–water partition coefficient (Wildman–Crippen LogP) is 0.626. The van der Waals surface area contributed by atoms with Gasteiger partial charge in [-0.1, -0.05) is 6.07 Å². The van der Waals surface area contributed by atoms with Gasteiger partial charge < -0.3 is 44.8 Å². The van der Waals surface area contributed by atoms with E-state index >= 15 is 0 Å². The molecule has 2 aliphatic heterocycles. The average Bonchev–Trinajstić information content (AvgIpc) is 3.03. The lowest BCUT2D eigenvalue weighted by molar-refractivity contribution is -0.268. The smallest absolute Gasteiger partial charge is 0.235 e. The minimum absolute atomic E-state index is 0.00631. The van der Waals surface area contributed by atoms with Crippen molar-refractivity contribution in [2.75, 3.05) is 0 Å². The lowest BCUT2D eigenvalue weighted by Gasteiger charge is -2.38. The fraction of sp³-hybridized carbons (Fsp3) is 0.286. The van der Waals surface area contributed by atoms with Crippen molar-refractivity contribution in [3.63, 3.8) is 0 Å². The van der Waals surface area contributed by atoms with Crippen LogP contribution in [0.5, 0.6) is 28.7 Å². The molecule has 1 fully saturated rings. The van der Waals surface area contributed by atoms with Gasteiger partial charge >= 0.3 is 0 Å². The van der Waals surface area contributed by atoms with E-state index in [2.05, 4.69) is 0 Å². The van der Waals surface area contributed by atoms with Gasteiger partial charge in [0.2, 0.25) is 12.1 Å². The molecule has 0 aromatic heterocycles. The number of ether oxygens (including phenoxy) is 3. The highest BCUT2D eigenvalue weighted by Crippen LogP contribution is 2.42. The third-order valence-electron chi connectivity index (χ3n) is 5.08. The number of allylic oxidation sites excluding steroid dienone is 1. The summed E-state index contributed by atoms with van der Waals surface area (Å²) in [5.74, 6) is -1.87. The Balaban J connectivity index is 1.59. The SMILES string of the molecule is C[C@@H]1O[C@H](Oc2cc(O)c3c(c2)OC(=Cc2ccc(O)c(O)c2)C3=O)[C@H](O)[C@H](O)[C@H]1O. The Bertz CT molecular complexity index is 1060. The summed E-state index contributed by atoms with van der Waals surface area (Å²) in [4.78, 5) is 12.6. The van der Waals surface area contributed by atoms with Crippen molar-refractivity contribution in [2.45, 2.75) is 37.6 Å². The van der Waals surface area contributed by atoms with Crippen LogP contribution in [-0.4, -0.2) is 67.1 Å². The normalized spacial score (nSPS) is 29.0. The van der Waals surface area contributed by atoms with E-state index in [1.807, 2.05) is 0 Å². The number of fused-ring (bicyclic) bond motifs is 1. The first-order valence-corrected chi connectivity index (χ1v) is 9.35. The molecule has 0 unspecified atom stereocenters. The number of phenolic OH excluding ortho intramolecular Hbond substituents is 3. The molecule has 10 nitrogen and oxygen atoms in total. The van der Waals surface area contributed by atoms with Crippen LogP contribution in [0.25, 0.3) is 6.08 Å².